The Morgan fingerprint density at radius 3 is 2.97 bits per heavy atom. The van der Waals surface area contributed by atoms with Crippen LogP contribution < -0.4 is 15.6 Å². The highest BCUT2D eigenvalue weighted by atomic mass is 127. The second kappa shape index (κ2) is 9.24. The fraction of sp³-hybridized carbons (Fsp3) is 0.150. The highest BCUT2D eigenvalue weighted by molar-refractivity contribution is 14.1. The monoisotopic (exact) mass is 535 g/mol. The molecule has 0 amide bonds. The van der Waals surface area contributed by atoms with Gasteiger partial charge in [0, 0.05) is 56.1 Å². The molecule has 148 valence electrons. The van der Waals surface area contributed by atoms with Gasteiger partial charge in [-0.15, -0.1) is 11.3 Å². The number of aromatic nitrogens is 3. The summed E-state index contributed by atoms with van der Waals surface area (Å²) in [5, 5.41) is 2.98. The molecule has 3 aromatic heterocycles. The fourth-order valence-corrected chi connectivity index (χ4v) is 5.37. The summed E-state index contributed by atoms with van der Waals surface area (Å²) >= 11 is 5.53. The normalized spacial score (nSPS) is 11.0. The predicted octanol–water partition coefficient (Wildman–Crippen LogP) is 5.28. The predicted molar refractivity (Wildman–Crippen MR) is 127 cm³/mol. The Hall–Kier alpha value is -1.95. The molecule has 1 aromatic carbocycles. The van der Waals surface area contributed by atoms with Crippen LogP contribution in [-0.2, 0) is 6.61 Å². The molecular weight excluding hydrogens is 517 g/mol. The summed E-state index contributed by atoms with van der Waals surface area (Å²) in [6, 6.07) is 7.99. The number of ether oxygens (including phenoxy) is 1. The van der Waals surface area contributed by atoms with Gasteiger partial charge in [0.25, 0.3) is 0 Å². The van der Waals surface area contributed by atoms with E-state index in [1.165, 1.54) is 0 Å². The van der Waals surface area contributed by atoms with Crippen LogP contribution in [0.25, 0.3) is 10.9 Å². The molecule has 0 fully saturated rings. The van der Waals surface area contributed by atoms with Crippen LogP contribution in [0.4, 0.5) is 5.69 Å². The lowest BCUT2D eigenvalue weighted by Gasteiger charge is -2.15. The van der Waals surface area contributed by atoms with E-state index in [4.69, 9.17) is 9.72 Å². The first-order valence-corrected chi connectivity index (χ1v) is 11.6. The lowest BCUT2D eigenvalue weighted by Crippen LogP contribution is -2.15. The van der Waals surface area contributed by atoms with E-state index in [0.717, 1.165) is 46.4 Å². The third-order valence-corrected chi connectivity index (χ3v) is 7.02. The van der Waals surface area contributed by atoms with Crippen molar-refractivity contribution < 1.29 is 4.74 Å². The molecule has 0 bridgehead atoms. The molecule has 4 aromatic rings. The van der Waals surface area contributed by atoms with Crippen molar-refractivity contribution in [2.45, 2.75) is 22.8 Å². The molecule has 0 aliphatic heterocycles. The van der Waals surface area contributed by atoms with Crippen LogP contribution in [0.1, 0.15) is 11.3 Å². The van der Waals surface area contributed by atoms with Gasteiger partial charge in [-0.25, -0.2) is 15.4 Å². The molecule has 0 saturated heterocycles. The number of hydrogen-bond acceptors (Lipinski definition) is 8. The molecule has 0 saturated carbocycles. The van der Waals surface area contributed by atoms with E-state index in [1.807, 2.05) is 62.2 Å². The smallest absolute Gasteiger partial charge is 0.154 e. The molecule has 2 N–H and O–H groups in total. The Labute approximate surface area is 190 Å². The number of thiazole rings is 1. The second-order valence-electron chi connectivity index (χ2n) is 6.13. The van der Waals surface area contributed by atoms with E-state index in [2.05, 4.69) is 43.4 Å². The first-order valence-electron chi connectivity index (χ1n) is 8.81. The Morgan fingerprint density at radius 1 is 1.28 bits per heavy atom. The number of nitrogens with one attached hydrogen (secondary N) is 2. The first-order chi connectivity index (χ1) is 14.2. The molecule has 0 spiro atoms. The largest absolute Gasteiger partial charge is 0.487 e. The van der Waals surface area contributed by atoms with Gasteiger partial charge in [0.05, 0.1) is 5.69 Å². The maximum Gasteiger partial charge on any atom is 0.154 e. The molecule has 29 heavy (non-hydrogen) atoms. The van der Waals surface area contributed by atoms with E-state index >= 15 is 0 Å². The van der Waals surface area contributed by atoms with E-state index in [1.54, 1.807) is 23.1 Å². The van der Waals surface area contributed by atoms with Crippen LogP contribution in [0.15, 0.2) is 57.5 Å². The Morgan fingerprint density at radius 2 is 2.17 bits per heavy atom. The molecule has 0 radical (unpaired) electrons. The summed E-state index contributed by atoms with van der Waals surface area (Å²) in [7, 11) is 1.84. The third kappa shape index (κ3) is 4.63. The van der Waals surface area contributed by atoms with E-state index in [9.17, 15) is 0 Å². The minimum Gasteiger partial charge on any atom is -0.487 e. The van der Waals surface area contributed by atoms with Gasteiger partial charge in [-0.05, 0) is 41.6 Å². The molecule has 0 atom stereocenters. The van der Waals surface area contributed by atoms with Crippen molar-refractivity contribution in [2.75, 3.05) is 12.5 Å². The standard InChI is InChI=1S/C20H18IN5OS2/c1-12-8-16(26-22-2)13-4-3-5-17(19(13)25-12)27-11-14-15(21)9-23-10-18(14)29-20-24-6-7-28-20/h3-10,22H,11H2,1-2H3,(H,25,26). The van der Waals surface area contributed by atoms with Gasteiger partial charge in [0.15, 0.2) is 4.34 Å². The van der Waals surface area contributed by atoms with Crippen LogP contribution in [0.2, 0.25) is 0 Å². The van der Waals surface area contributed by atoms with E-state index < -0.39 is 0 Å². The van der Waals surface area contributed by atoms with Crippen LogP contribution in [0.5, 0.6) is 5.75 Å². The average molecular weight is 535 g/mol. The number of aryl methyl sites for hydroxylation is 1. The summed E-state index contributed by atoms with van der Waals surface area (Å²) < 4.78 is 8.31. The zero-order valence-corrected chi connectivity index (χ0v) is 19.6. The second-order valence-corrected chi connectivity index (χ2v) is 9.47. The summed E-state index contributed by atoms with van der Waals surface area (Å²) in [6.07, 6.45) is 5.53. The lowest BCUT2D eigenvalue weighted by molar-refractivity contribution is 0.305. The molecule has 6 nitrogen and oxygen atoms in total. The maximum atomic E-state index is 6.26. The maximum absolute atomic E-state index is 6.26. The Balaban J connectivity index is 1.65. The number of rotatable bonds is 7. The number of hydrogen-bond donors (Lipinski definition) is 2. The highest BCUT2D eigenvalue weighted by Gasteiger charge is 2.14. The fourth-order valence-electron chi connectivity index (χ4n) is 2.88. The topological polar surface area (TPSA) is 72.0 Å². The SMILES string of the molecule is CNNc1cc(C)nc2c(OCc3c(I)cncc3Sc3nccs3)cccc12. The van der Waals surface area contributed by atoms with Gasteiger partial charge in [-0.3, -0.25) is 4.98 Å². The summed E-state index contributed by atoms with van der Waals surface area (Å²) in [4.78, 5) is 14.5. The Kier molecular flexibility index (Phi) is 6.48. The number of fused-ring (bicyclic) bond motifs is 1. The molecule has 9 heteroatoms. The minimum atomic E-state index is 0.429. The van der Waals surface area contributed by atoms with Crippen LogP contribution in [0, 0.1) is 10.5 Å². The van der Waals surface area contributed by atoms with Crippen LogP contribution >= 0.6 is 45.7 Å². The van der Waals surface area contributed by atoms with Crippen LogP contribution in [0.3, 0.4) is 0 Å². The molecule has 0 aliphatic rings. The van der Waals surface area contributed by atoms with Crippen molar-refractivity contribution in [3.63, 3.8) is 0 Å². The molecule has 0 aliphatic carbocycles. The van der Waals surface area contributed by atoms with Gasteiger partial charge in [-0.1, -0.05) is 23.9 Å². The van der Waals surface area contributed by atoms with Gasteiger partial charge in [0.1, 0.15) is 17.9 Å². The molecule has 0 unspecified atom stereocenters. The van der Waals surface area contributed by atoms with Crippen LogP contribution in [-0.4, -0.2) is 22.0 Å². The van der Waals surface area contributed by atoms with Crippen molar-refractivity contribution in [1.29, 1.82) is 0 Å². The summed E-state index contributed by atoms with van der Waals surface area (Å²) in [5.74, 6) is 0.753. The quantitative estimate of drug-likeness (QED) is 0.247. The number of hydrazine groups is 1. The van der Waals surface area contributed by atoms with Gasteiger partial charge in [0.2, 0.25) is 0 Å². The molecule has 3 heterocycles. The van der Waals surface area contributed by atoms with Crippen molar-refractivity contribution in [3.05, 3.63) is 63.1 Å². The van der Waals surface area contributed by atoms with Gasteiger partial charge in [-0.2, -0.15) is 0 Å². The Bertz CT molecular complexity index is 1140. The minimum absolute atomic E-state index is 0.429. The van der Waals surface area contributed by atoms with E-state index in [-0.39, 0.29) is 0 Å². The first kappa shape index (κ1) is 20.3. The van der Waals surface area contributed by atoms with Crippen molar-refractivity contribution >= 4 is 62.3 Å². The molecule has 4 rings (SSSR count). The van der Waals surface area contributed by atoms with Crippen molar-refractivity contribution in [3.8, 4) is 5.75 Å². The van der Waals surface area contributed by atoms with Gasteiger partial charge < -0.3 is 10.2 Å². The van der Waals surface area contributed by atoms with E-state index in [0.29, 0.717) is 6.61 Å². The summed E-state index contributed by atoms with van der Waals surface area (Å²) in [5.41, 5.74) is 9.98. The highest BCUT2D eigenvalue weighted by Crippen LogP contribution is 2.35. The van der Waals surface area contributed by atoms with Crippen molar-refractivity contribution in [2.24, 2.45) is 0 Å². The summed E-state index contributed by atoms with van der Waals surface area (Å²) in [6.45, 7) is 2.41. The average Bonchev–Trinajstić information content (AvgIpc) is 3.21. The van der Waals surface area contributed by atoms with Gasteiger partial charge >= 0.3 is 0 Å². The number of halogens is 1. The third-order valence-electron chi connectivity index (χ3n) is 4.13. The lowest BCUT2D eigenvalue weighted by atomic mass is 10.1. The number of benzene rings is 1. The number of para-hydroxylation sites is 1. The number of pyridine rings is 2. The molecular formula is C20H18IN5OS2. The zero-order chi connectivity index (χ0) is 20.2. The van der Waals surface area contributed by atoms with Crippen molar-refractivity contribution in [1.82, 2.24) is 20.4 Å². The zero-order valence-electron chi connectivity index (χ0n) is 15.8. The number of nitrogens with zero attached hydrogens (tertiary/aromatic N) is 3. The number of anilines is 1.